The van der Waals surface area contributed by atoms with Crippen molar-refractivity contribution in [2.45, 2.75) is 71.4 Å². The van der Waals surface area contributed by atoms with Gasteiger partial charge in [-0.25, -0.2) is 0 Å². The Morgan fingerprint density at radius 2 is 1.77 bits per heavy atom. The summed E-state index contributed by atoms with van der Waals surface area (Å²) >= 11 is 0. The van der Waals surface area contributed by atoms with E-state index in [0.29, 0.717) is 0 Å². The van der Waals surface area contributed by atoms with Gasteiger partial charge in [-0.2, -0.15) is 0 Å². The Morgan fingerprint density at radius 3 is 2.27 bits per heavy atom. The predicted octanol–water partition coefficient (Wildman–Crippen LogP) is 2.97. The Bertz CT molecular complexity index is 302. The van der Waals surface area contributed by atoms with Crippen molar-refractivity contribution in [1.29, 1.82) is 0 Å². The average Bonchev–Trinajstić information content (AvgIpc) is 2.42. The van der Waals surface area contributed by atoms with Gasteiger partial charge in [0.1, 0.15) is 0 Å². The first-order valence-electron chi connectivity index (χ1n) is 8.06. The summed E-state index contributed by atoms with van der Waals surface area (Å²) in [6.07, 6.45) is 7.79. The third-order valence-corrected chi connectivity index (χ3v) is 4.40. The number of nitrogens with zero attached hydrogens (tertiary/aromatic N) is 1. The molecule has 0 heterocycles. The molecule has 1 aliphatic carbocycles. The zero-order valence-electron chi connectivity index (χ0n) is 14.6. The number of rotatable bonds is 6. The molecule has 0 saturated heterocycles. The fourth-order valence-corrected chi connectivity index (χ4v) is 2.75. The number of amides is 1. The molecule has 3 N–H and O–H groups in total. The summed E-state index contributed by atoms with van der Waals surface area (Å²) in [4.78, 5) is 14.3. The van der Waals surface area contributed by atoms with E-state index in [4.69, 9.17) is 5.73 Å². The third kappa shape index (κ3) is 8.56. The standard InChI is InChI=1S/C16H33N3O.2ClH/c1-16(2,3)14(17)15(20)18-11-8-12-19(4)13-9-6-5-7-10-13;;/h13-14H,5-12,17H2,1-4H3,(H,18,20);2*1H/t14-;;/m1../s1. The summed E-state index contributed by atoms with van der Waals surface area (Å²) < 4.78 is 0. The van der Waals surface area contributed by atoms with Crippen LogP contribution >= 0.6 is 24.8 Å². The topological polar surface area (TPSA) is 58.4 Å². The molecule has 0 aromatic rings. The second kappa shape index (κ2) is 11.5. The van der Waals surface area contributed by atoms with Gasteiger partial charge in [0.05, 0.1) is 6.04 Å². The van der Waals surface area contributed by atoms with Crippen molar-refractivity contribution in [3.63, 3.8) is 0 Å². The van der Waals surface area contributed by atoms with Crippen LogP contribution < -0.4 is 11.1 Å². The Balaban J connectivity index is 0. The molecule has 0 spiro atoms. The van der Waals surface area contributed by atoms with Gasteiger partial charge in [0.25, 0.3) is 0 Å². The van der Waals surface area contributed by atoms with Crippen LogP contribution in [0, 0.1) is 5.41 Å². The number of hydrogen-bond donors (Lipinski definition) is 2. The van der Waals surface area contributed by atoms with Crippen LogP contribution in [0.1, 0.15) is 59.3 Å². The summed E-state index contributed by atoms with van der Waals surface area (Å²) in [6.45, 7) is 7.76. The number of carbonyl (C=O) groups excluding carboxylic acids is 1. The number of hydrogen-bond acceptors (Lipinski definition) is 3. The van der Waals surface area contributed by atoms with Crippen LogP contribution in [0.4, 0.5) is 0 Å². The van der Waals surface area contributed by atoms with Gasteiger partial charge in [-0.05, 0) is 38.3 Å². The molecule has 134 valence electrons. The molecule has 1 fully saturated rings. The Kier molecular flexibility index (Phi) is 12.7. The summed E-state index contributed by atoms with van der Waals surface area (Å²) in [5, 5.41) is 2.96. The first-order chi connectivity index (χ1) is 9.32. The van der Waals surface area contributed by atoms with Crippen molar-refractivity contribution in [3.8, 4) is 0 Å². The van der Waals surface area contributed by atoms with Crippen molar-refractivity contribution >= 4 is 30.7 Å². The van der Waals surface area contributed by atoms with Gasteiger partial charge in [0.15, 0.2) is 0 Å². The minimum absolute atomic E-state index is 0. The van der Waals surface area contributed by atoms with E-state index in [0.717, 1.165) is 25.6 Å². The molecule has 0 radical (unpaired) electrons. The van der Waals surface area contributed by atoms with Crippen LogP contribution in [-0.2, 0) is 4.79 Å². The molecular formula is C16H35Cl2N3O. The number of halogens is 2. The lowest BCUT2D eigenvalue weighted by atomic mass is 9.87. The summed E-state index contributed by atoms with van der Waals surface area (Å²) in [6, 6.07) is 0.315. The van der Waals surface area contributed by atoms with Crippen molar-refractivity contribution in [2.24, 2.45) is 11.1 Å². The van der Waals surface area contributed by atoms with E-state index < -0.39 is 6.04 Å². The lowest BCUT2D eigenvalue weighted by Gasteiger charge is -2.31. The van der Waals surface area contributed by atoms with Crippen LogP contribution in [0.2, 0.25) is 0 Å². The lowest BCUT2D eigenvalue weighted by Crippen LogP contribution is -2.49. The zero-order valence-corrected chi connectivity index (χ0v) is 16.2. The van der Waals surface area contributed by atoms with E-state index in [1.165, 1.54) is 32.1 Å². The van der Waals surface area contributed by atoms with Crippen LogP contribution in [0.3, 0.4) is 0 Å². The Hall–Kier alpha value is -0.0300. The molecule has 1 rings (SSSR count). The summed E-state index contributed by atoms with van der Waals surface area (Å²) in [5.74, 6) is -0.0298. The van der Waals surface area contributed by atoms with Crippen LogP contribution in [0.5, 0.6) is 0 Å². The summed E-state index contributed by atoms with van der Waals surface area (Å²) in [7, 11) is 2.21. The first kappa shape index (κ1) is 24.2. The highest BCUT2D eigenvalue weighted by atomic mass is 35.5. The highest BCUT2D eigenvalue weighted by molar-refractivity contribution is 5.85. The highest BCUT2D eigenvalue weighted by Gasteiger charge is 2.27. The first-order valence-corrected chi connectivity index (χ1v) is 8.06. The largest absolute Gasteiger partial charge is 0.355 e. The fraction of sp³-hybridized carbons (Fsp3) is 0.938. The van der Waals surface area contributed by atoms with Gasteiger partial charge in [-0.15, -0.1) is 24.8 Å². The van der Waals surface area contributed by atoms with Gasteiger partial charge < -0.3 is 16.0 Å². The molecule has 4 nitrogen and oxygen atoms in total. The van der Waals surface area contributed by atoms with Gasteiger partial charge >= 0.3 is 0 Å². The van der Waals surface area contributed by atoms with E-state index in [1.54, 1.807) is 0 Å². The lowest BCUT2D eigenvalue weighted by molar-refractivity contribution is -0.124. The SMILES string of the molecule is CN(CCCNC(=O)[C@@H](N)C(C)(C)C)C1CCCCC1.Cl.Cl. The highest BCUT2D eigenvalue weighted by Crippen LogP contribution is 2.21. The van der Waals surface area contributed by atoms with Gasteiger partial charge in [0.2, 0.25) is 5.91 Å². The molecule has 22 heavy (non-hydrogen) atoms. The summed E-state index contributed by atoms with van der Waals surface area (Å²) in [5.41, 5.74) is 5.75. The average molecular weight is 356 g/mol. The van der Waals surface area contributed by atoms with E-state index >= 15 is 0 Å². The van der Waals surface area contributed by atoms with Gasteiger partial charge in [-0.3, -0.25) is 4.79 Å². The molecule has 1 saturated carbocycles. The maximum absolute atomic E-state index is 11.9. The maximum atomic E-state index is 11.9. The monoisotopic (exact) mass is 355 g/mol. The molecule has 1 amide bonds. The molecule has 0 bridgehead atoms. The van der Waals surface area contributed by atoms with Gasteiger partial charge in [0, 0.05) is 12.6 Å². The molecule has 0 aromatic carbocycles. The minimum atomic E-state index is -0.432. The van der Waals surface area contributed by atoms with E-state index in [2.05, 4.69) is 17.3 Å². The molecule has 6 heteroatoms. The molecule has 1 atom stereocenters. The minimum Gasteiger partial charge on any atom is -0.355 e. The van der Waals surface area contributed by atoms with Crippen molar-refractivity contribution in [1.82, 2.24) is 10.2 Å². The number of carbonyl (C=O) groups is 1. The van der Waals surface area contributed by atoms with E-state index in [-0.39, 0.29) is 36.1 Å². The van der Waals surface area contributed by atoms with Crippen LogP contribution in [0.15, 0.2) is 0 Å². The van der Waals surface area contributed by atoms with Gasteiger partial charge in [-0.1, -0.05) is 40.0 Å². The predicted molar refractivity (Wildman–Crippen MR) is 99.1 cm³/mol. The number of nitrogens with one attached hydrogen (secondary N) is 1. The third-order valence-electron chi connectivity index (χ3n) is 4.40. The molecule has 0 aliphatic heterocycles. The Morgan fingerprint density at radius 1 is 1.23 bits per heavy atom. The van der Waals surface area contributed by atoms with Crippen molar-refractivity contribution in [2.75, 3.05) is 20.1 Å². The number of nitrogens with two attached hydrogens (primary N) is 1. The van der Waals surface area contributed by atoms with E-state index in [1.807, 2.05) is 20.8 Å². The molecule has 0 unspecified atom stereocenters. The zero-order chi connectivity index (χ0) is 15.2. The van der Waals surface area contributed by atoms with Crippen LogP contribution in [-0.4, -0.2) is 43.0 Å². The maximum Gasteiger partial charge on any atom is 0.237 e. The second-order valence-electron chi connectivity index (χ2n) is 7.26. The normalized spacial score (nSPS) is 17.4. The molecule has 1 aliphatic rings. The Labute approximate surface area is 148 Å². The van der Waals surface area contributed by atoms with Crippen molar-refractivity contribution in [3.05, 3.63) is 0 Å². The smallest absolute Gasteiger partial charge is 0.237 e. The fourth-order valence-electron chi connectivity index (χ4n) is 2.75. The van der Waals surface area contributed by atoms with E-state index in [9.17, 15) is 4.79 Å². The van der Waals surface area contributed by atoms with Crippen molar-refractivity contribution < 1.29 is 4.79 Å². The molecule has 0 aromatic heterocycles. The molecular weight excluding hydrogens is 321 g/mol. The second-order valence-corrected chi connectivity index (χ2v) is 7.26. The van der Waals surface area contributed by atoms with Crippen LogP contribution in [0.25, 0.3) is 0 Å². The quantitative estimate of drug-likeness (QED) is 0.720.